The number of fused-ring (bicyclic) bond motifs is 2. The molecule has 158 valence electrons. The molecule has 1 saturated carbocycles. The number of anilines is 2. The van der Waals surface area contributed by atoms with E-state index < -0.39 is 0 Å². The number of ether oxygens (including phenoxy) is 1. The lowest BCUT2D eigenvalue weighted by atomic mass is 10.1. The molecule has 0 aliphatic heterocycles. The van der Waals surface area contributed by atoms with Gasteiger partial charge in [0.15, 0.2) is 0 Å². The lowest BCUT2D eigenvalue weighted by Gasteiger charge is -2.17. The van der Waals surface area contributed by atoms with Crippen LogP contribution >= 0.6 is 11.3 Å². The molecule has 5 rings (SSSR count). The maximum absolute atomic E-state index is 13.1. The van der Waals surface area contributed by atoms with Crippen LogP contribution in [0, 0.1) is 0 Å². The third kappa shape index (κ3) is 3.77. The lowest BCUT2D eigenvalue weighted by molar-refractivity contribution is 0.102. The molecule has 3 heterocycles. The van der Waals surface area contributed by atoms with Gasteiger partial charge in [0.2, 0.25) is 5.95 Å². The van der Waals surface area contributed by atoms with Gasteiger partial charge >= 0.3 is 0 Å². The monoisotopic (exact) mass is 434 g/mol. The summed E-state index contributed by atoms with van der Waals surface area (Å²) in [5, 5.41) is 9.00. The van der Waals surface area contributed by atoms with Crippen LogP contribution in [-0.2, 0) is 0 Å². The maximum Gasteiger partial charge on any atom is 0.258 e. The minimum atomic E-state index is -0.255. The van der Waals surface area contributed by atoms with E-state index in [1.807, 2.05) is 24.3 Å². The van der Waals surface area contributed by atoms with Gasteiger partial charge in [0.05, 0.1) is 40.3 Å². The average Bonchev–Trinajstić information content (AvgIpc) is 3.39. The maximum atomic E-state index is 13.1. The molecule has 1 amide bonds. The number of nitrogens with zero attached hydrogens (tertiary/aromatic N) is 3. The van der Waals surface area contributed by atoms with E-state index in [1.54, 1.807) is 24.9 Å². The van der Waals surface area contributed by atoms with Gasteiger partial charge in [-0.15, -0.1) is 11.3 Å². The molecule has 1 aliphatic rings. The van der Waals surface area contributed by atoms with Crippen molar-refractivity contribution in [2.24, 2.45) is 5.73 Å². The van der Waals surface area contributed by atoms with Crippen molar-refractivity contribution in [1.82, 2.24) is 15.0 Å². The molecule has 0 spiro atoms. The average molecular weight is 435 g/mol. The van der Waals surface area contributed by atoms with E-state index in [2.05, 4.69) is 25.6 Å². The second-order valence-corrected chi connectivity index (χ2v) is 8.52. The molecule has 9 heteroatoms. The smallest absolute Gasteiger partial charge is 0.258 e. The van der Waals surface area contributed by atoms with E-state index in [4.69, 9.17) is 10.5 Å². The van der Waals surface area contributed by atoms with Crippen molar-refractivity contribution in [3.63, 3.8) is 0 Å². The Balaban J connectivity index is 1.44. The zero-order valence-electron chi connectivity index (χ0n) is 17.0. The number of nitrogens with two attached hydrogens (primary N) is 1. The van der Waals surface area contributed by atoms with Crippen LogP contribution in [0.15, 0.2) is 42.0 Å². The first-order valence-electron chi connectivity index (χ1n) is 10.1. The van der Waals surface area contributed by atoms with Gasteiger partial charge in [0.25, 0.3) is 5.91 Å². The highest BCUT2D eigenvalue weighted by atomic mass is 32.1. The Morgan fingerprint density at radius 3 is 3.00 bits per heavy atom. The molecule has 3 aromatic heterocycles. The number of benzene rings is 1. The molecule has 2 atom stereocenters. The topological polar surface area (TPSA) is 115 Å². The number of hydrogen-bond acceptors (Lipinski definition) is 8. The van der Waals surface area contributed by atoms with Gasteiger partial charge in [0, 0.05) is 35.1 Å². The lowest BCUT2D eigenvalue weighted by Crippen LogP contribution is -2.35. The van der Waals surface area contributed by atoms with E-state index in [0.717, 1.165) is 34.9 Å². The zero-order chi connectivity index (χ0) is 21.4. The zero-order valence-corrected chi connectivity index (χ0v) is 17.8. The van der Waals surface area contributed by atoms with Crippen molar-refractivity contribution < 1.29 is 9.53 Å². The summed E-state index contributed by atoms with van der Waals surface area (Å²) in [4.78, 5) is 26.5. The number of thiophene rings is 1. The third-order valence-electron chi connectivity index (χ3n) is 5.62. The fourth-order valence-electron chi connectivity index (χ4n) is 3.95. The highest BCUT2D eigenvalue weighted by molar-refractivity contribution is 7.17. The summed E-state index contributed by atoms with van der Waals surface area (Å²) >= 11 is 1.44. The minimum absolute atomic E-state index is 0.0967. The predicted octanol–water partition coefficient (Wildman–Crippen LogP) is 3.79. The Labute approximate surface area is 182 Å². The first-order chi connectivity index (χ1) is 15.1. The molecule has 0 saturated heterocycles. The molecule has 0 radical (unpaired) electrons. The number of carbonyl (C=O) groups is 1. The molecular weight excluding hydrogens is 412 g/mol. The molecule has 0 bridgehead atoms. The third-order valence-corrected chi connectivity index (χ3v) is 6.52. The first-order valence-corrected chi connectivity index (χ1v) is 11.0. The van der Waals surface area contributed by atoms with E-state index in [9.17, 15) is 4.79 Å². The molecule has 4 N–H and O–H groups in total. The Hall–Kier alpha value is -3.30. The van der Waals surface area contributed by atoms with Gasteiger partial charge in [-0.1, -0.05) is 6.07 Å². The second-order valence-electron chi connectivity index (χ2n) is 7.60. The van der Waals surface area contributed by atoms with Crippen LogP contribution in [0.25, 0.3) is 21.1 Å². The fraction of sp³-hybridized carbons (Fsp3) is 0.273. The number of nitrogens with one attached hydrogen (secondary N) is 2. The fourth-order valence-corrected chi connectivity index (χ4v) is 4.79. The van der Waals surface area contributed by atoms with Crippen molar-refractivity contribution in [2.45, 2.75) is 31.3 Å². The molecule has 1 aliphatic carbocycles. The molecule has 31 heavy (non-hydrogen) atoms. The summed E-state index contributed by atoms with van der Waals surface area (Å²) < 4.78 is 6.31. The van der Waals surface area contributed by atoms with Gasteiger partial charge in [-0.05, 0) is 31.4 Å². The van der Waals surface area contributed by atoms with Crippen LogP contribution < -0.4 is 21.1 Å². The van der Waals surface area contributed by atoms with Crippen LogP contribution in [0.2, 0.25) is 0 Å². The van der Waals surface area contributed by atoms with Gasteiger partial charge in [-0.3, -0.25) is 9.78 Å². The van der Waals surface area contributed by atoms with Gasteiger partial charge < -0.3 is 21.1 Å². The standard InChI is InChI=1S/C22H22N6O2S/c1-30-18-9-16-12(4-3-7-24-16)8-17(18)26-21(29)13-11-31-19-10-25-22(28-20(13)19)27-15-6-2-5-14(15)23/h3-4,7-11,14-15H,2,5-6,23H2,1H3,(H,26,29)(H,25,27,28)/t14-,15+/m0/s1. The van der Waals surface area contributed by atoms with Crippen molar-refractivity contribution in [3.05, 3.63) is 47.6 Å². The Kier molecular flexibility index (Phi) is 5.13. The summed E-state index contributed by atoms with van der Waals surface area (Å²) in [6.07, 6.45) is 6.55. The van der Waals surface area contributed by atoms with Gasteiger partial charge in [-0.2, -0.15) is 0 Å². The van der Waals surface area contributed by atoms with Crippen LogP contribution in [-0.4, -0.2) is 40.1 Å². The van der Waals surface area contributed by atoms with Crippen molar-refractivity contribution >= 4 is 50.0 Å². The Morgan fingerprint density at radius 1 is 1.29 bits per heavy atom. The molecule has 8 nitrogen and oxygen atoms in total. The second kappa shape index (κ2) is 8.09. The summed E-state index contributed by atoms with van der Waals surface area (Å²) in [6.45, 7) is 0. The summed E-state index contributed by atoms with van der Waals surface area (Å²) in [6, 6.07) is 7.72. The van der Waals surface area contributed by atoms with Crippen molar-refractivity contribution in [3.8, 4) is 5.75 Å². The Morgan fingerprint density at radius 2 is 2.19 bits per heavy atom. The number of amides is 1. The first kappa shape index (κ1) is 19.7. The van der Waals surface area contributed by atoms with Crippen molar-refractivity contribution in [1.29, 1.82) is 0 Å². The molecule has 1 fully saturated rings. The largest absolute Gasteiger partial charge is 0.494 e. The van der Waals surface area contributed by atoms with Crippen LogP contribution in [0.1, 0.15) is 29.6 Å². The molecule has 4 aromatic rings. The Bertz CT molecular complexity index is 1270. The number of hydrogen-bond donors (Lipinski definition) is 3. The van der Waals surface area contributed by atoms with E-state index >= 15 is 0 Å². The van der Waals surface area contributed by atoms with E-state index in [0.29, 0.717) is 28.5 Å². The predicted molar refractivity (Wildman–Crippen MR) is 123 cm³/mol. The van der Waals surface area contributed by atoms with Crippen molar-refractivity contribution in [2.75, 3.05) is 17.7 Å². The molecular formula is C22H22N6O2S. The number of methoxy groups -OCH3 is 1. The molecule has 0 unspecified atom stereocenters. The van der Waals surface area contributed by atoms with Gasteiger partial charge in [-0.25, -0.2) is 9.97 Å². The van der Waals surface area contributed by atoms with E-state index in [-0.39, 0.29) is 18.0 Å². The SMILES string of the molecule is COc1cc2ncccc2cc1NC(=O)c1csc2cnc(N[C@@H]3CCC[C@@H]3N)nc12. The van der Waals surface area contributed by atoms with Crippen LogP contribution in [0.3, 0.4) is 0 Å². The summed E-state index contributed by atoms with van der Waals surface area (Å²) in [5.41, 5.74) is 8.65. The van der Waals surface area contributed by atoms with Gasteiger partial charge in [0.1, 0.15) is 5.75 Å². The quantitative estimate of drug-likeness (QED) is 0.438. The number of carbonyl (C=O) groups excluding carboxylic acids is 1. The highest BCUT2D eigenvalue weighted by Crippen LogP contribution is 2.31. The summed E-state index contributed by atoms with van der Waals surface area (Å²) in [7, 11) is 1.57. The number of pyridine rings is 1. The normalized spacial score (nSPS) is 18.4. The number of aromatic nitrogens is 3. The molecule has 1 aromatic carbocycles. The minimum Gasteiger partial charge on any atom is -0.494 e. The summed E-state index contributed by atoms with van der Waals surface area (Å²) in [5.74, 6) is 0.790. The number of rotatable bonds is 5. The highest BCUT2D eigenvalue weighted by Gasteiger charge is 2.25. The van der Waals surface area contributed by atoms with E-state index in [1.165, 1.54) is 11.3 Å². The van der Waals surface area contributed by atoms with Crippen LogP contribution in [0.4, 0.5) is 11.6 Å². The van der Waals surface area contributed by atoms with Crippen LogP contribution in [0.5, 0.6) is 5.75 Å².